The van der Waals surface area contributed by atoms with Gasteiger partial charge in [-0.15, -0.1) is 0 Å². The van der Waals surface area contributed by atoms with Gasteiger partial charge in [0.1, 0.15) is 5.82 Å². The summed E-state index contributed by atoms with van der Waals surface area (Å²) in [4.78, 5) is 25.7. The van der Waals surface area contributed by atoms with Crippen LogP contribution in [-0.4, -0.2) is 43.0 Å². The van der Waals surface area contributed by atoms with Gasteiger partial charge >= 0.3 is 0 Å². The first-order valence-electron chi connectivity index (χ1n) is 8.29. The van der Waals surface area contributed by atoms with Gasteiger partial charge in [-0.3, -0.25) is 9.59 Å². The highest BCUT2D eigenvalue weighted by atomic mass is 19.1. The molecule has 0 aromatic heterocycles. The Morgan fingerprint density at radius 3 is 2.62 bits per heavy atom. The molecular weight excluding hydrogens is 311 g/mol. The second-order valence-electron chi connectivity index (χ2n) is 6.77. The van der Waals surface area contributed by atoms with E-state index in [4.69, 9.17) is 4.74 Å². The van der Waals surface area contributed by atoms with Gasteiger partial charge in [0.05, 0.1) is 11.6 Å². The molecule has 1 aromatic rings. The lowest BCUT2D eigenvalue weighted by molar-refractivity contribution is -0.128. The van der Waals surface area contributed by atoms with Crippen molar-refractivity contribution in [2.45, 2.75) is 37.8 Å². The van der Waals surface area contributed by atoms with Gasteiger partial charge in [-0.1, -0.05) is 18.2 Å². The second-order valence-corrected chi connectivity index (χ2v) is 6.77. The Morgan fingerprint density at radius 1 is 1.33 bits per heavy atom. The van der Waals surface area contributed by atoms with E-state index < -0.39 is 5.54 Å². The van der Waals surface area contributed by atoms with Crippen LogP contribution in [-0.2, 0) is 19.9 Å². The number of halogens is 1. The van der Waals surface area contributed by atoms with Crippen LogP contribution in [0.1, 0.15) is 31.7 Å². The number of hydrogen-bond acceptors (Lipinski definition) is 3. The molecule has 6 heteroatoms. The monoisotopic (exact) mass is 334 g/mol. The Hall–Kier alpha value is -1.95. The smallest absolute Gasteiger partial charge is 0.221 e. The molecule has 1 N–H and O–H groups in total. The number of benzene rings is 1. The molecule has 1 saturated heterocycles. The van der Waals surface area contributed by atoms with Gasteiger partial charge in [-0.2, -0.15) is 0 Å². The van der Waals surface area contributed by atoms with Gasteiger partial charge in [0.25, 0.3) is 0 Å². The summed E-state index contributed by atoms with van der Waals surface area (Å²) in [6, 6.07) is 6.58. The summed E-state index contributed by atoms with van der Waals surface area (Å²) < 4.78 is 19.4. The molecule has 130 valence electrons. The summed E-state index contributed by atoms with van der Waals surface area (Å²) in [6.07, 6.45) is 1.64. The number of carbonyl (C=O) groups excluding carboxylic acids is 2. The average molecular weight is 334 g/mol. The SMILES string of the molecule is CO[C@H]1CN(C(C)=O)C[C@@H]1CC(=O)NC1(c2ccccc2F)CC1. The fraction of sp³-hybridized carbons (Fsp3) is 0.556. The Balaban J connectivity index is 1.64. The van der Waals surface area contributed by atoms with Crippen LogP contribution in [0.25, 0.3) is 0 Å². The zero-order chi connectivity index (χ0) is 17.3. The third-order valence-electron chi connectivity index (χ3n) is 5.09. The molecule has 1 saturated carbocycles. The van der Waals surface area contributed by atoms with Crippen LogP contribution >= 0.6 is 0 Å². The Morgan fingerprint density at radius 2 is 2.04 bits per heavy atom. The molecule has 5 nitrogen and oxygen atoms in total. The third kappa shape index (κ3) is 3.29. The van der Waals surface area contributed by atoms with Gasteiger partial charge in [-0.25, -0.2) is 4.39 Å². The van der Waals surface area contributed by atoms with Gasteiger partial charge in [0, 0.05) is 45.0 Å². The summed E-state index contributed by atoms with van der Waals surface area (Å²) in [5, 5.41) is 3.00. The molecule has 1 heterocycles. The number of likely N-dealkylation sites (tertiary alicyclic amines) is 1. The zero-order valence-corrected chi connectivity index (χ0v) is 14.0. The molecule has 0 unspecified atom stereocenters. The number of ether oxygens (including phenoxy) is 1. The van der Waals surface area contributed by atoms with Gasteiger partial charge in [0.15, 0.2) is 0 Å². The van der Waals surface area contributed by atoms with Crippen LogP contribution in [0.3, 0.4) is 0 Å². The summed E-state index contributed by atoms with van der Waals surface area (Å²) >= 11 is 0. The number of nitrogens with one attached hydrogen (secondary N) is 1. The van der Waals surface area contributed by atoms with Crippen LogP contribution < -0.4 is 5.32 Å². The van der Waals surface area contributed by atoms with Gasteiger partial charge < -0.3 is 15.0 Å². The number of hydrogen-bond donors (Lipinski definition) is 1. The van der Waals surface area contributed by atoms with Crippen molar-refractivity contribution in [3.63, 3.8) is 0 Å². The van der Waals surface area contributed by atoms with E-state index in [0.717, 1.165) is 12.8 Å². The maximum Gasteiger partial charge on any atom is 0.221 e. The van der Waals surface area contributed by atoms with E-state index in [2.05, 4.69) is 5.32 Å². The fourth-order valence-electron chi connectivity index (χ4n) is 3.55. The Bertz CT molecular complexity index is 645. The Kier molecular flexibility index (Phi) is 4.58. The third-order valence-corrected chi connectivity index (χ3v) is 5.09. The first kappa shape index (κ1) is 16.9. The van der Waals surface area contributed by atoms with Crippen molar-refractivity contribution >= 4 is 11.8 Å². The Labute approximate surface area is 141 Å². The molecule has 24 heavy (non-hydrogen) atoms. The van der Waals surface area contributed by atoms with Crippen LogP contribution in [0.2, 0.25) is 0 Å². The molecule has 1 aliphatic heterocycles. The van der Waals surface area contributed by atoms with E-state index in [1.165, 1.54) is 13.0 Å². The number of rotatable bonds is 5. The lowest BCUT2D eigenvalue weighted by Gasteiger charge is -2.21. The topological polar surface area (TPSA) is 58.6 Å². The van der Waals surface area contributed by atoms with Crippen LogP contribution in [0.4, 0.5) is 4.39 Å². The molecule has 0 spiro atoms. The fourth-order valence-corrected chi connectivity index (χ4v) is 3.55. The summed E-state index contributed by atoms with van der Waals surface area (Å²) in [7, 11) is 1.60. The summed E-state index contributed by atoms with van der Waals surface area (Å²) in [6.45, 7) is 2.56. The van der Waals surface area contributed by atoms with Crippen molar-refractivity contribution in [1.82, 2.24) is 10.2 Å². The first-order chi connectivity index (χ1) is 11.4. The maximum atomic E-state index is 14.0. The molecule has 1 aromatic carbocycles. The lowest BCUT2D eigenvalue weighted by atomic mass is 9.99. The zero-order valence-electron chi connectivity index (χ0n) is 14.0. The highest BCUT2D eigenvalue weighted by Crippen LogP contribution is 2.46. The normalized spacial score (nSPS) is 24.7. The van der Waals surface area contributed by atoms with Crippen molar-refractivity contribution in [2.75, 3.05) is 20.2 Å². The van der Waals surface area contributed by atoms with Gasteiger partial charge in [0.2, 0.25) is 11.8 Å². The van der Waals surface area contributed by atoms with Crippen LogP contribution in [0.5, 0.6) is 0 Å². The quantitative estimate of drug-likeness (QED) is 0.893. The summed E-state index contributed by atoms with van der Waals surface area (Å²) in [5.74, 6) is -0.442. The second kappa shape index (κ2) is 6.51. The number of amides is 2. The minimum atomic E-state index is -0.566. The van der Waals surface area contributed by atoms with Crippen molar-refractivity contribution < 1.29 is 18.7 Å². The molecule has 2 fully saturated rings. The van der Waals surface area contributed by atoms with E-state index in [0.29, 0.717) is 18.7 Å². The predicted molar refractivity (Wildman–Crippen MR) is 86.6 cm³/mol. The molecular formula is C18H23FN2O3. The predicted octanol–water partition coefficient (Wildman–Crippen LogP) is 1.81. The van der Waals surface area contributed by atoms with E-state index in [1.807, 2.05) is 0 Å². The summed E-state index contributed by atoms with van der Waals surface area (Å²) in [5.41, 5.74) is -0.0115. The molecule has 1 aliphatic carbocycles. The number of carbonyl (C=O) groups is 2. The van der Waals surface area contributed by atoms with Crippen molar-refractivity contribution in [3.8, 4) is 0 Å². The average Bonchev–Trinajstić information content (AvgIpc) is 3.19. The minimum Gasteiger partial charge on any atom is -0.379 e. The van der Waals surface area contributed by atoms with E-state index >= 15 is 0 Å². The van der Waals surface area contributed by atoms with Crippen molar-refractivity contribution in [3.05, 3.63) is 35.6 Å². The molecule has 0 radical (unpaired) electrons. The molecule has 2 atom stereocenters. The van der Waals surface area contributed by atoms with Gasteiger partial charge in [-0.05, 0) is 18.9 Å². The number of nitrogens with zero attached hydrogens (tertiary/aromatic N) is 1. The largest absolute Gasteiger partial charge is 0.379 e. The van der Waals surface area contributed by atoms with E-state index in [9.17, 15) is 14.0 Å². The molecule has 2 amide bonds. The molecule has 3 rings (SSSR count). The van der Waals surface area contributed by atoms with Crippen molar-refractivity contribution in [1.29, 1.82) is 0 Å². The molecule has 2 aliphatic rings. The first-order valence-corrected chi connectivity index (χ1v) is 8.29. The minimum absolute atomic E-state index is 0.00928. The lowest BCUT2D eigenvalue weighted by Crippen LogP contribution is -2.38. The standard InChI is InChI=1S/C18H23FN2O3/c1-12(22)21-10-13(16(11-21)24-2)9-17(23)20-18(7-8-18)14-5-3-4-6-15(14)19/h3-6,13,16H,7-11H2,1-2H3,(H,20,23)/t13-,16-/m0/s1. The molecule has 0 bridgehead atoms. The highest BCUT2D eigenvalue weighted by Gasteiger charge is 2.47. The van der Waals surface area contributed by atoms with E-state index in [-0.39, 0.29) is 36.1 Å². The van der Waals surface area contributed by atoms with E-state index in [1.54, 1.807) is 30.2 Å². The van der Waals surface area contributed by atoms with Crippen molar-refractivity contribution in [2.24, 2.45) is 5.92 Å². The number of methoxy groups -OCH3 is 1. The maximum absolute atomic E-state index is 14.0. The van der Waals surface area contributed by atoms with Crippen LogP contribution in [0, 0.1) is 11.7 Å². The highest BCUT2D eigenvalue weighted by molar-refractivity contribution is 5.78. The van der Waals surface area contributed by atoms with Crippen LogP contribution in [0.15, 0.2) is 24.3 Å².